The van der Waals surface area contributed by atoms with Crippen LogP contribution in [0.5, 0.6) is 11.5 Å². The summed E-state index contributed by atoms with van der Waals surface area (Å²) in [5, 5.41) is 3.56. The van der Waals surface area contributed by atoms with Gasteiger partial charge < -0.3 is 14.8 Å². The van der Waals surface area contributed by atoms with E-state index in [2.05, 4.69) is 10.3 Å². The number of carbonyl (C=O) groups excluding carboxylic acids is 1. The van der Waals surface area contributed by atoms with Crippen molar-refractivity contribution in [2.24, 2.45) is 0 Å². The number of fused-ring (bicyclic) bond motifs is 1. The summed E-state index contributed by atoms with van der Waals surface area (Å²) < 4.78 is 11.7. The molecular formula is C22H18ClN3O4S. The molecule has 4 aromatic rings. The maximum absolute atomic E-state index is 12.9. The van der Waals surface area contributed by atoms with Gasteiger partial charge in [0, 0.05) is 17.0 Å². The predicted molar refractivity (Wildman–Crippen MR) is 123 cm³/mol. The smallest absolute Gasteiger partial charge is 0.262 e. The molecule has 0 spiro atoms. The first-order valence-electron chi connectivity index (χ1n) is 9.26. The number of carbonyl (C=O) groups is 1. The van der Waals surface area contributed by atoms with Crippen molar-refractivity contribution < 1.29 is 14.3 Å². The fourth-order valence-corrected chi connectivity index (χ4v) is 4.35. The molecule has 0 saturated heterocycles. The van der Waals surface area contributed by atoms with E-state index in [9.17, 15) is 9.59 Å². The Morgan fingerprint density at radius 1 is 1.13 bits per heavy atom. The van der Waals surface area contributed by atoms with Crippen LogP contribution in [0.3, 0.4) is 0 Å². The van der Waals surface area contributed by atoms with Crippen LogP contribution < -0.4 is 20.3 Å². The second kappa shape index (κ2) is 8.79. The molecule has 7 nitrogen and oxygen atoms in total. The molecule has 0 aliphatic rings. The fraction of sp³-hybridized carbons (Fsp3) is 0.136. The quantitative estimate of drug-likeness (QED) is 0.465. The van der Waals surface area contributed by atoms with Gasteiger partial charge in [0.15, 0.2) is 0 Å². The van der Waals surface area contributed by atoms with Gasteiger partial charge in [-0.2, -0.15) is 0 Å². The Hall–Kier alpha value is -3.36. The van der Waals surface area contributed by atoms with E-state index < -0.39 is 5.91 Å². The van der Waals surface area contributed by atoms with Crippen molar-refractivity contribution in [2.45, 2.75) is 6.54 Å². The van der Waals surface area contributed by atoms with Gasteiger partial charge in [0.25, 0.3) is 5.56 Å². The van der Waals surface area contributed by atoms with E-state index in [1.807, 2.05) is 36.4 Å². The van der Waals surface area contributed by atoms with Crippen LogP contribution in [0.2, 0.25) is 5.02 Å². The number of thiophene rings is 1. The van der Waals surface area contributed by atoms with Crippen molar-refractivity contribution in [2.75, 3.05) is 19.5 Å². The number of amides is 1. The lowest BCUT2D eigenvalue weighted by Crippen LogP contribution is -2.27. The number of hydrogen-bond acceptors (Lipinski definition) is 6. The third kappa shape index (κ3) is 4.26. The lowest BCUT2D eigenvalue weighted by molar-refractivity contribution is -0.116. The Labute approximate surface area is 186 Å². The molecule has 1 N–H and O–H groups in total. The van der Waals surface area contributed by atoms with Crippen LogP contribution in [0, 0.1) is 0 Å². The second-order valence-electron chi connectivity index (χ2n) is 6.61. The largest absolute Gasteiger partial charge is 0.495 e. The highest BCUT2D eigenvalue weighted by molar-refractivity contribution is 7.21. The van der Waals surface area contributed by atoms with Crippen molar-refractivity contribution in [3.05, 3.63) is 70.2 Å². The number of methoxy groups -OCH3 is 2. The van der Waals surface area contributed by atoms with Crippen LogP contribution >= 0.6 is 22.9 Å². The van der Waals surface area contributed by atoms with Crippen LogP contribution in [0.4, 0.5) is 5.69 Å². The molecule has 158 valence electrons. The zero-order valence-electron chi connectivity index (χ0n) is 16.7. The SMILES string of the molecule is COc1cc(NC(=O)Cn2cnc3sc(-c4ccccc4)cc3c2=O)c(OC)cc1Cl. The summed E-state index contributed by atoms with van der Waals surface area (Å²) >= 11 is 7.54. The van der Waals surface area contributed by atoms with Crippen molar-refractivity contribution in [1.82, 2.24) is 9.55 Å². The first-order valence-corrected chi connectivity index (χ1v) is 10.5. The van der Waals surface area contributed by atoms with E-state index in [0.717, 1.165) is 10.4 Å². The number of benzene rings is 2. The number of hydrogen-bond donors (Lipinski definition) is 1. The van der Waals surface area contributed by atoms with Gasteiger partial charge >= 0.3 is 0 Å². The van der Waals surface area contributed by atoms with Gasteiger partial charge in [0.2, 0.25) is 5.91 Å². The minimum absolute atomic E-state index is 0.202. The van der Waals surface area contributed by atoms with E-state index in [-0.39, 0.29) is 12.1 Å². The molecular weight excluding hydrogens is 438 g/mol. The van der Waals surface area contributed by atoms with Gasteiger partial charge in [-0.25, -0.2) is 4.98 Å². The van der Waals surface area contributed by atoms with Gasteiger partial charge in [-0.05, 0) is 11.6 Å². The molecule has 0 radical (unpaired) electrons. The average molecular weight is 456 g/mol. The Kier molecular flexibility index (Phi) is 5.92. The number of halogens is 1. The third-order valence-corrected chi connectivity index (χ3v) is 6.03. The summed E-state index contributed by atoms with van der Waals surface area (Å²) in [5.41, 5.74) is 1.12. The summed E-state index contributed by atoms with van der Waals surface area (Å²) in [5.74, 6) is 0.361. The highest BCUT2D eigenvalue weighted by atomic mass is 35.5. The number of rotatable bonds is 6. The van der Waals surface area contributed by atoms with E-state index in [1.54, 1.807) is 12.1 Å². The van der Waals surface area contributed by atoms with Crippen LogP contribution in [-0.4, -0.2) is 29.7 Å². The van der Waals surface area contributed by atoms with E-state index >= 15 is 0 Å². The first kappa shape index (κ1) is 20.9. The summed E-state index contributed by atoms with van der Waals surface area (Å²) in [4.78, 5) is 31.5. The molecule has 0 bridgehead atoms. The summed E-state index contributed by atoms with van der Waals surface area (Å²) in [7, 11) is 2.95. The monoisotopic (exact) mass is 455 g/mol. The Bertz CT molecular complexity index is 1320. The van der Waals surface area contributed by atoms with Crippen molar-refractivity contribution in [3.63, 3.8) is 0 Å². The van der Waals surface area contributed by atoms with Crippen LogP contribution in [0.1, 0.15) is 0 Å². The lowest BCUT2D eigenvalue weighted by Gasteiger charge is -2.13. The topological polar surface area (TPSA) is 82.5 Å². The lowest BCUT2D eigenvalue weighted by atomic mass is 10.2. The fourth-order valence-electron chi connectivity index (χ4n) is 3.12. The number of ether oxygens (including phenoxy) is 2. The van der Waals surface area contributed by atoms with E-state index in [1.165, 1.54) is 36.5 Å². The summed E-state index contributed by atoms with van der Waals surface area (Å²) in [6.07, 6.45) is 1.38. The zero-order valence-corrected chi connectivity index (χ0v) is 18.3. The van der Waals surface area contributed by atoms with Crippen molar-refractivity contribution in [3.8, 4) is 21.9 Å². The molecule has 0 atom stereocenters. The molecule has 0 fully saturated rings. The second-order valence-corrected chi connectivity index (χ2v) is 8.05. The Morgan fingerprint density at radius 2 is 1.87 bits per heavy atom. The molecule has 2 heterocycles. The summed E-state index contributed by atoms with van der Waals surface area (Å²) in [6, 6.07) is 14.7. The molecule has 2 aromatic heterocycles. The van der Waals surface area contributed by atoms with Gasteiger partial charge in [0.05, 0.1) is 36.6 Å². The number of anilines is 1. The van der Waals surface area contributed by atoms with Crippen LogP contribution in [-0.2, 0) is 11.3 Å². The Morgan fingerprint density at radius 3 is 2.58 bits per heavy atom. The molecule has 2 aromatic carbocycles. The highest BCUT2D eigenvalue weighted by Gasteiger charge is 2.15. The molecule has 0 aliphatic carbocycles. The van der Waals surface area contributed by atoms with E-state index in [4.69, 9.17) is 21.1 Å². The molecule has 0 unspecified atom stereocenters. The highest BCUT2D eigenvalue weighted by Crippen LogP contribution is 2.36. The normalized spacial score (nSPS) is 10.8. The first-order chi connectivity index (χ1) is 15.0. The maximum atomic E-state index is 12.9. The van der Waals surface area contributed by atoms with E-state index in [0.29, 0.717) is 32.4 Å². The molecule has 1 amide bonds. The minimum Gasteiger partial charge on any atom is -0.495 e. The van der Waals surface area contributed by atoms with Gasteiger partial charge in [-0.1, -0.05) is 41.9 Å². The maximum Gasteiger partial charge on any atom is 0.262 e. The van der Waals surface area contributed by atoms with Crippen LogP contribution in [0.25, 0.3) is 20.7 Å². The standard InChI is InChI=1S/C22H18ClN3O4S/c1-29-17-10-16(18(30-2)9-15(17)23)25-20(27)11-26-12-24-21-14(22(26)28)8-19(31-21)13-6-4-3-5-7-13/h3-10,12H,11H2,1-2H3,(H,25,27). The van der Waals surface area contributed by atoms with Gasteiger partial charge in [-0.15, -0.1) is 11.3 Å². The Balaban J connectivity index is 1.60. The number of aromatic nitrogens is 2. The molecule has 31 heavy (non-hydrogen) atoms. The third-order valence-electron chi connectivity index (χ3n) is 4.64. The van der Waals surface area contributed by atoms with Crippen molar-refractivity contribution >= 4 is 44.7 Å². The molecule has 9 heteroatoms. The average Bonchev–Trinajstić information content (AvgIpc) is 3.22. The zero-order chi connectivity index (χ0) is 22.0. The van der Waals surface area contributed by atoms with Crippen molar-refractivity contribution in [1.29, 1.82) is 0 Å². The predicted octanol–water partition coefficient (Wildman–Crippen LogP) is 4.43. The molecule has 4 rings (SSSR count). The molecule has 0 saturated carbocycles. The summed E-state index contributed by atoms with van der Waals surface area (Å²) in [6.45, 7) is -0.202. The van der Waals surface area contributed by atoms with Gasteiger partial charge in [-0.3, -0.25) is 14.2 Å². The number of nitrogens with zero attached hydrogens (tertiary/aromatic N) is 2. The van der Waals surface area contributed by atoms with Crippen LogP contribution in [0.15, 0.2) is 59.7 Å². The number of nitrogens with one attached hydrogen (secondary N) is 1. The van der Waals surface area contributed by atoms with Gasteiger partial charge in [0.1, 0.15) is 22.9 Å². The molecule has 0 aliphatic heterocycles. The minimum atomic E-state index is -0.413.